The second-order valence-corrected chi connectivity index (χ2v) is 4.02. The predicted octanol–water partition coefficient (Wildman–Crippen LogP) is 2.25. The maximum absolute atomic E-state index is 11.3. The molecule has 0 atom stereocenters. The highest BCUT2D eigenvalue weighted by atomic mass is 79.9. The van der Waals surface area contributed by atoms with Crippen LogP contribution in [0, 0.1) is 0 Å². The Morgan fingerprint density at radius 1 is 1.40 bits per heavy atom. The van der Waals surface area contributed by atoms with E-state index in [1.165, 1.54) is 5.56 Å². The lowest BCUT2D eigenvalue weighted by Gasteiger charge is -2.08. The van der Waals surface area contributed by atoms with Crippen molar-refractivity contribution in [2.75, 3.05) is 5.33 Å². The molecular formula is C12H15BrO2. The van der Waals surface area contributed by atoms with E-state index >= 15 is 0 Å². The van der Waals surface area contributed by atoms with Gasteiger partial charge in [0.1, 0.15) is 5.78 Å². The highest BCUT2D eigenvalue weighted by Gasteiger charge is 2.07. The van der Waals surface area contributed by atoms with Gasteiger partial charge in [0, 0.05) is 6.42 Å². The Kier molecular flexibility index (Phi) is 4.99. The summed E-state index contributed by atoms with van der Waals surface area (Å²) in [7, 11) is 0. The van der Waals surface area contributed by atoms with Crippen molar-refractivity contribution in [3.8, 4) is 0 Å². The van der Waals surface area contributed by atoms with Crippen molar-refractivity contribution in [3.63, 3.8) is 0 Å². The first kappa shape index (κ1) is 12.4. The molecule has 0 saturated heterocycles. The Balaban J connectivity index is 2.95. The van der Waals surface area contributed by atoms with Crippen molar-refractivity contribution in [2.45, 2.75) is 26.4 Å². The highest BCUT2D eigenvalue weighted by Crippen LogP contribution is 2.14. The highest BCUT2D eigenvalue weighted by molar-refractivity contribution is 9.09. The van der Waals surface area contributed by atoms with E-state index < -0.39 is 0 Å². The molecule has 0 spiro atoms. The summed E-state index contributed by atoms with van der Waals surface area (Å²) in [5.41, 5.74) is 2.99. The quantitative estimate of drug-likeness (QED) is 0.834. The number of halogens is 1. The molecular weight excluding hydrogens is 256 g/mol. The molecule has 0 aromatic heterocycles. The molecule has 0 unspecified atom stereocenters. The first-order valence-corrected chi connectivity index (χ1v) is 6.12. The third kappa shape index (κ3) is 3.43. The summed E-state index contributed by atoms with van der Waals surface area (Å²) in [6.45, 7) is 2.07. The molecule has 0 bridgehead atoms. The van der Waals surface area contributed by atoms with Crippen LogP contribution in [0.1, 0.15) is 23.6 Å². The third-order valence-electron chi connectivity index (χ3n) is 2.39. The van der Waals surface area contributed by atoms with E-state index in [1.807, 2.05) is 18.2 Å². The molecule has 1 aromatic carbocycles. The SMILES string of the molecule is CCc1ccc(CO)c(CC(=O)CBr)c1. The lowest BCUT2D eigenvalue weighted by atomic mass is 9.99. The van der Waals surface area contributed by atoms with E-state index in [-0.39, 0.29) is 12.4 Å². The maximum Gasteiger partial charge on any atom is 0.147 e. The second-order valence-electron chi connectivity index (χ2n) is 3.46. The standard InChI is InChI=1S/C12H15BrO2/c1-2-9-3-4-10(8-14)11(5-9)6-12(15)7-13/h3-5,14H,2,6-8H2,1H3. The average Bonchev–Trinajstić information content (AvgIpc) is 2.28. The number of hydrogen-bond acceptors (Lipinski definition) is 2. The van der Waals surface area contributed by atoms with Crippen molar-refractivity contribution in [3.05, 3.63) is 34.9 Å². The van der Waals surface area contributed by atoms with Gasteiger partial charge in [-0.15, -0.1) is 0 Å². The minimum atomic E-state index is -0.00507. The minimum absolute atomic E-state index is 0.00507. The van der Waals surface area contributed by atoms with E-state index in [2.05, 4.69) is 22.9 Å². The lowest BCUT2D eigenvalue weighted by molar-refractivity contribution is -0.115. The molecule has 0 aliphatic carbocycles. The van der Waals surface area contributed by atoms with Crippen molar-refractivity contribution >= 4 is 21.7 Å². The largest absolute Gasteiger partial charge is 0.392 e. The zero-order valence-electron chi connectivity index (χ0n) is 8.79. The molecule has 0 amide bonds. The number of carbonyl (C=O) groups is 1. The summed E-state index contributed by atoms with van der Waals surface area (Å²) in [6.07, 6.45) is 1.34. The van der Waals surface area contributed by atoms with Gasteiger partial charge in [0.25, 0.3) is 0 Å². The van der Waals surface area contributed by atoms with Crippen LogP contribution in [-0.4, -0.2) is 16.2 Å². The second kappa shape index (κ2) is 6.03. The molecule has 0 aliphatic rings. The Bertz CT molecular complexity index is 347. The normalized spacial score (nSPS) is 10.3. The van der Waals surface area contributed by atoms with Gasteiger partial charge in [0.2, 0.25) is 0 Å². The Hall–Kier alpha value is -0.670. The number of aryl methyl sites for hydroxylation is 1. The Morgan fingerprint density at radius 3 is 2.67 bits per heavy atom. The number of benzene rings is 1. The molecule has 0 fully saturated rings. The van der Waals surface area contributed by atoms with Gasteiger partial charge in [-0.3, -0.25) is 4.79 Å². The van der Waals surface area contributed by atoms with Gasteiger partial charge in [-0.05, 0) is 23.1 Å². The number of aliphatic hydroxyl groups excluding tert-OH is 1. The van der Waals surface area contributed by atoms with E-state index in [1.54, 1.807) is 0 Å². The number of rotatable bonds is 5. The summed E-state index contributed by atoms with van der Waals surface area (Å²) in [5.74, 6) is 0.137. The summed E-state index contributed by atoms with van der Waals surface area (Å²) in [6, 6.07) is 5.90. The first-order valence-electron chi connectivity index (χ1n) is 5.00. The molecule has 0 heterocycles. The molecule has 1 aromatic rings. The fourth-order valence-electron chi connectivity index (χ4n) is 1.48. The Morgan fingerprint density at radius 2 is 2.13 bits per heavy atom. The average molecular weight is 271 g/mol. The number of Topliss-reactive ketones (excluding diaryl/α,β-unsaturated/α-hetero) is 1. The van der Waals surface area contributed by atoms with Crippen LogP contribution < -0.4 is 0 Å². The fourth-order valence-corrected chi connectivity index (χ4v) is 1.68. The van der Waals surface area contributed by atoms with E-state index in [0.717, 1.165) is 17.5 Å². The van der Waals surface area contributed by atoms with Crippen LogP contribution in [0.15, 0.2) is 18.2 Å². The number of carbonyl (C=O) groups excluding carboxylic acids is 1. The van der Waals surface area contributed by atoms with Gasteiger partial charge in [0.05, 0.1) is 11.9 Å². The van der Waals surface area contributed by atoms with Crippen LogP contribution in [0.5, 0.6) is 0 Å². The predicted molar refractivity (Wildman–Crippen MR) is 64.2 cm³/mol. The summed E-state index contributed by atoms with van der Waals surface area (Å²) < 4.78 is 0. The van der Waals surface area contributed by atoms with Crippen LogP contribution in [0.4, 0.5) is 0 Å². The smallest absolute Gasteiger partial charge is 0.147 e. The summed E-state index contributed by atoms with van der Waals surface area (Å²) in [5, 5.41) is 9.51. The topological polar surface area (TPSA) is 37.3 Å². The van der Waals surface area contributed by atoms with Gasteiger partial charge in [-0.1, -0.05) is 41.1 Å². The van der Waals surface area contributed by atoms with Gasteiger partial charge >= 0.3 is 0 Å². The van der Waals surface area contributed by atoms with E-state index in [9.17, 15) is 4.79 Å². The van der Waals surface area contributed by atoms with Crippen molar-refractivity contribution in [1.82, 2.24) is 0 Å². The Labute approximate surface area is 98.4 Å². The van der Waals surface area contributed by atoms with Gasteiger partial charge in [0.15, 0.2) is 0 Å². The van der Waals surface area contributed by atoms with E-state index in [0.29, 0.717) is 11.8 Å². The molecule has 3 heteroatoms. The fraction of sp³-hybridized carbons (Fsp3) is 0.417. The lowest BCUT2D eigenvalue weighted by Crippen LogP contribution is -2.06. The molecule has 0 saturated carbocycles. The van der Waals surface area contributed by atoms with Crippen LogP contribution in [0.3, 0.4) is 0 Å². The zero-order valence-corrected chi connectivity index (χ0v) is 10.4. The zero-order chi connectivity index (χ0) is 11.3. The molecule has 15 heavy (non-hydrogen) atoms. The van der Waals surface area contributed by atoms with Gasteiger partial charge < -0.3 is 5.11 Å². The number of aliphatic hydroxyl groups is 1. The summed E-state index contributed by atoms with van der Waals surface area (Å²) >= 11 is 3.14. The third-order valence-corrected chi connectivity index (χ3v) is 3.01. The number of hydrogen-bond donors (Lipinski definition) is 1. The van der Waals surface area contributed by atoms with Crippen molar-refractivity contribution < 1.29 is 9.90 Å². The van der Waals surface area contributed by atoms with Crippen molar-refractivity contribution in [1.29, 1.82) is 0 Å². The maximum atomic E-state index is 11.3. The van der Waals surface area contributed by atoms with Crippen LogP contribution in [0.25, 0.3) is 0 Å². The minimum Gasteiger partial charge on any atom is -0.392 e. The molecule has 1 rings (SSSR count). The summed E-state index contributed by atoms with van der Waals surface area (Å²) in [4.78, 5) is 11.3. The van der Waals surface area contributed by atoms with Crippen molar-refractivity contribution in [2.24, 2.45) is 0 Å². The number of alkyl halides is 1. The van der Waals surface area contributed by atoms with Gasteiger partial charge in [-0.2, -0.15) is 0 Å². The monoisotopic (exact) mass is 270 g/mol. The van der Waals surface area contributed by atoms with Crippen LogP contribution >= 0.6 is 15.9 Å². The first-order chi connectivity index (χ1) is 7.21. The van der Waals surface area contributed by atoms with Crippen LogP contribution in [-0.2, 0) is 24.2 Å². The number of ketones is 1. The van der Waals surface area contributed by atoms with Crippen LogP contribution in [0.2, 0.25) is 0 Å². The molecule has 82 valence electrons. The molecule has 1 N–H and O–H groups in total. The molecule has 0 radical (unpaired) electrons. The molecule has 2 nitrogen and oxygen atoms in total. The van der Waals surface area contributed by atoms with Gasteiger partial charge in [-0.25, -0.2) is 0 Å². The molecule has 0 aliphatic heterocycles. The van der Waals surface area contributed by atoms with E-state index in [4.69, 9.17) is 5.11 Å².